The van der Waals surface area contributed by atoms with Gasteiger partial charge in [-0.15, -0.1) is 0 Å². The van der Waals surface area contributed by atoms with Crippen LogP contribution in [0.2, 0.25) is 0 Å². The largest absolute Gasteiger partial charge is 0.396 e. The lowest BCUT2D eigenvalue weighted by atomic mass is 10.2. The number of nitrogens with two attached hydrogens (primary N) is 1. The average molecular weight is 314 g/mol. The van der Waals surface area contributed by atoms with Gasteiger partial charge in [-0.2, -0.15) is 0 Å². The van der Waals surface area contributed by atoms with E-state index in [9.17, 15) is 13.2 Å². The maximum atomic E-state index is 12.2. The number of hydrogen-bond acceptors (Lipinski definition) is 5. The van der Waals surface area contributed by atoms with Crippen molar-refractivity contribution in [2.45, 2.75) is 24.8 Å². The summed E-state index contributed by atoms with van der Waals surface area (Å²) in [5, 5.41) is 5.61. The topological polar surface area (TPSA) is 105 Å². The number of hydrogen-bond donors (Lipinski definition) is 3. The van der Waals surface area contributed by atoms with Crippen molar-refractivity contribution in [3.05, 3.63) is 18.2 Å². The van der Waals surface area contributed by atoms with E-state index in [-0.39, 0.29) is 16.5 Å². The van der Waals surface area contributed by atoms with Gasteiger partial charge >= 0.3 is 0 Å². The van der Waals surface area contributed by atoms with E-state index >= 15 is 0 Å². The molecule has 0 heterocycles. The molecule has 0 radical (unpaired) electrons. The molecule has 0 aromatic heterocycles. The van der Waals surface area contributed by atoms with E-state index in [1.807, 2.05) is 6.92 Å². The molecule has 7 nitrogen and oxygen atoms in total. The van der Waals surface area contributed by atoms with E-state index in [2.05, 4.69) is 10.6 Å². The first-order chi connectivity index (χ1) is 9.71. The second-order valence-electron chi connectivity index (χ2n) is 4.77. The van der Waals surface area contributed by atoms with Crippen LogP contribution in [0.4, 0.5) is 11.4 Å². The molecule has 0 saturated heterocycles. The minimum Gasteiger partial charge on any atom is -0.396 e. The van der Waals surface area contributed by atoms with Gasteiger partial charge in [0, 0.05) is 20.6 Å². The standard InChI is InChI=1S/C13H22N4O3S/c1-5-15-13(18)9(2)16-10-7-6-8-11(12(10)14)21(19,20)17(3)4/h6-9,16H,5,14H2,1-4H3,(H,15,18). The predicted octanol–water partition coefficient (Wildman–Crippen LogP) is 0.456. The molecule has 118 valence electrons. The van der Waals surface area contributed by atoms with Gasteiger partial charge in [0.15, 0.2) is 0 Å². The van der Waals surface area contributed by atoms with Gasteiger partial charge in [-0.25, -0.2) is 12.7 Å². The van der Waals surface area contributed by atoms with Crippen molar-refractivity contribution >= 4 is 27.3 Å². The van der Waals surface area contributed by atoms with Gasteiger partial charge in [0.05, 0.1) is 11.4 Å². The van der Waals surface area contributed by atoms with Crippen molar-refractivity contribution in [2.24, 2.45) is 0 Å². The van der Waals surface area contributed by atoms with Crippen molar-refractivity contribution < 1.29 is 13.2 Å². The molecule has 21 heavy (non-hydrogen) atoms. The minimum absolute atomic E-state index is 0.0144. The first-order valence-corrected chi connectivity index (χ1v) is 8.01. The number of carbonyl (C=O) groups excluding carboxylic acids is 1. The van der Waals surface area contributed by atoms with Crippen LogP contribution in [0.3, 0.4) is 0 Å². The summed E-state index contributed by atoms with van der Waals surface area (Å²) >= 11 is 0. The highest BCUT2D eigenvalue weighted by molar-refractivity contribution is 7.89. The maximum Gasteiger partial charge on any atom is 0.244 e. The quantitative estimate of drug-likeness (QED) is 0.662. The Bertz CT molecular complexity index is 614. The van der Waals surface area contributed by atoms with Crippen LogP contribution in [-0.4, -0.2) is 45.3 Å². The molecule has 4 N–H and O–H groups in total. The molecular formula is C13H22N4O3S. The lowest BCUT2D eigenvalue weighted by Crippen LogP contribution is -2.37. The smallest absolute Gasteiger partial charge is 0.244 e. The van der Waals surface area contributed by atoms with Gasteiger partial charge in [-0.1, -0.05) is 6.07 Å². The maximum absolute atomic E-state index is 12.2. The molecule has 0 aliphatic rings. The summed E-state index contributed by atoms with van der Waals surface area (Å²) in [7, 11) is -0.755. The lowest BCUT2D eigenvalue weighted by Gasteiger charge is -2.19. The lowest BCUT2D eigenvalue weighted by molar-refractivity contribution is -0.121. The number of nitrogen functional groups attached to an aromatic ring is 1. The fourth-order valence-electron chi connectivity index (χ4n) is 1.72. The third kappa shape index (κ3) is 3.85. The summed E-state index contributed by atoms with van der Waals surface area (Å²) in [6.45, 7) is 4.02. The molecule has 1 rings (SSSR count). The van der Waals surface area contributed by atoms with Crippen LogP contribution < -0.4 is 16.4 Å². The van der Waals surface area contributed by atoms with Crippen LogP contribution in [0, 0.1) is 0 Å². The molecule has 0 saturated carbocycles. The van der Waals surface area contributed by atoms with E-state index in [1.54, 1.807) is 19.1 Å². The second kappa shape index (κ2) is 6.77. The Morgan fingerprint density at radius 2 is 2.00 bits per heavy atom. The van der Waals surface area contributed by atoms with E-state index in [0.717, 1.165) is 4.31 Å². The normalized spacial score (nSPS) is 13.0. The number of nitrogens with one attached hydrogen (secondary N) is 2. The van der Waals surface area contributed by atoms with Crippen LogP contribution in [0.1, 0.15) is 13.8 Å². The van der Waals surface area contributed by atoms with Gasteiger partial charge in [0.1, 0.15) is 10.9 Å². The first-order valence-electron chi connectivity index (χ1n) is 6.57. The summed E-state index contributed by atoms with van der Waals surface area (Å²) < 4.78 is 25.4. The van der Waals surface area contributed by atoms with Gasteiger partial charge < -0.3 is 16.4 Å². The SMILES string of the molecule is CCNC(=O)C(C)Nc1cccc(S(=O)(=O)N(C)C)c1N. The molecule has 1 aromatic rings. The predicted molar refractivity (Wildman–Crippen MR) is 83.5 cm³/mol. The van der Waals surface area contributed by atoms with Gasteiger partial charge in [0.2, 0.25) is 15.9 Å². The minimum atomic E-state index is -3.63. The third-order valence-electron chi connectivity index (χ3n) is 2.94. The molecule has 0 aliphatic heterocycles. The second-order valence-corrected chi connectivity index (χ2v) is 6.89. The van der Waals surface area contributed by atoms with Crippen molar-refractivity contribution in [3.8, 4) is 0 Å². The Labute approximate surface area is 125 Å². The van der Waals surface area contributed by atoms with Gasteiger partial charge in [-0.05, 0) is 26.0 Å². The zero-order chi connectivity index (χ0) is 16.2. The molecule has 0 spiro atoms. The number of likely N-dealkylation sites (N-methyl/N-ethyl adjacent to an activating group) is 1. The highest BCUT2D eigenvalue weighted by Gasteiger charge is 2.22. The number of rotatable bonds is 6. The van der Waals surface area contributed by atoms with Crippen molar-refractivity contribution in [2.75, 3.05) is 31.7 Å². The number of carbonyl (C=O) groups is 1. The summed E-state index contributed by atoms with van der Waals surface area (Å²) in [6, 6.07) is 4.14. The number of nitrogens with zero attached hydrogens (tertiary/aromatic N) is 1. The van der Waals surface area contributed by atoms with E-state index in [4.69, 9.17) is 5.73 Å². The summed E-state index contributed by atoms with van der Waals surface area (Å²) in [5.41, 5.74) is 6.44. The van der Waals surface area contributed by atoms with Crippen LogP contribution >= 0.6 is 0 Å². The van der Waals surface area contributed by atoms with Gasteiger partial charge in [0.25, 0.3) is 0 Å². The monoisotopic (exact) mass is 314 g/mol. The van der Waals surface area contributed by atoms with Crippen LogP contribution in [0.25, 0.3) is 0 Å². The zero-order valence-electron chi connectivity index (χ0n) is 12.7. The molecule has 8 heteroatoms. The number of para-hydroxylation sites is 1. The molecule has 1 atom stereocenters. The molecule has 0 bridgehead atoms. The highest BCUT2D eigenvalue weighted by atomic mass is 32.2. The fraction of sp³-hybridized carbons (Fsp3) is 0.462. The fourth-order valence-corrected chi connectivity index (χ4v) is 2.75. The van der Waals surface area contributed by atoms with Crippen molar-refractivity contribution in [1.82, 2.24) is 9.62 Å². The van der Waals surface area contributed by atoms with E-state index < -0.39 is 16.1 Å². The number of benzene rings is 1. The van der Waals surface area contributed by atoms with Crippen molar-refractivity contribution in [3.63, 3.8) is 0 Å². The highest BCUT2D eigenvalue weighted by Crippen LogP contribution is 2.28. The molecule has 0 aliphatic carbocycles. The Balaban J connectivity index is 3.10. The summed E-state index contributed by atoms with van der Waals surface area (Å²) in [4.78, 5) is 11.7. The molecule has 1 unspecified atom stereocenters. The number of amides is 1. The molecule has 0 fully saturated rings. The molecule has 1 amide bonds. The molecule has 1 aromatic carbocycles. The average Bonchev–Trinajstić information content (AvgIpc) is 2.40. The van der Waals surface area contributed by atoms with Gasteiger partial charge in [-0.3, -0.25) is 4.79 Å². The van der Waals surface area contributed by atoms with Crippen LogP contribution in [0.15, 0.2) is 23.1 Å². The van der Waals surface area contributed by atoms with E-state index in [1.165, 1.54) is 20.2 Å². The van der Waals surface area contributed by atoms with Crippen LogP contribution in [0.5, 0.6) is 0 Å². The Kier molecular flexibility index (Phi) is 5.56. The number of sulfonamides is 1. The Hall–Kier alpha value is -1.80. The Morgan fingerprint density at radius 3 is 2.52 bits per heavy atom. The third-order valence-corrected chi connectivity index (χ3v) is 4.81. The summed E-state index contributed by atoms with van der Waals surface area (Å²) in [6.07, 6.45) is 0. The number of anilines is 2. The molecular weight excluding hydrogens is 292 g/mol. The Morgan fingerprint density at radius 1 is 1.38 bits per heavy atom. The zero-order valence-corrected chi connectivity index (χ0v) is 13.5. The first kappa shape index (κ1) is 17.3. The summed E-state index contributed by atoms with van der Waals surface area (Å²) in [5.74, 6) is -0.183. The van der Waals surface area contributed by atoms with E-state index in [0.29, 0.717) is 12.2 Å². The van der Waals surface area contributed by atoms with Crippen LogP contribution in [-0.2, 0) is 14.8 Å². The van der Waals surface area contributed by atoms with Crippen molar-refractivity contribution in [1.29, 1.82) is 0 Å².